The number of carbonyl (C=O) groups excluding carboxylic acids is 3. The number of esters is 1. The first-order chi connectivity index (χ1) is 23.4. The summed E-state index contributed by atoms with van der Waals surface area (Å²) in [5.74, 6) is -0.713. The number of hydrogen-bond acceptors (Lipinski definition) is 10. The summed E-state index contributed by atoms with van der Waals surface area (Å²) in [5.41, 5.74) is 0.764. The van der Waals surface area contributed by atoms with Crippen molar-refractivity contribution < 1.29 is 43.3 Å². The molecule has 0 aromatic heterocycles. The predicted octanol–water partition coefficient (Wildman–Crippen LogP) is 1.98. The molecule has 2 amide bonds. The van der Waals surface area contributed by atoms with Crippen molar-refractivity contribution >= 4 is 23.9 Å². The van der Waals surface area contributed by atoms with E-state index >= 15 is 0 Å². The number of epoxide rings is 1. The van der Waals surface area contributed by atoms with Gasteiger partial charge >= 0.3 is 5.97 Å². The fraction of sp³-hybridized carbons (Fsp3) is 0.694. The summed E-state index contributed by atoms with van der Waals surface area (Å²) in [6.07, 6.45) is 10.7. The topological polar surface area (TPSA) is 148 Å². The Balaban J connectivity index is 0.962. The lowest BCUT2D eigenvalue weighted by molar-refractivity contribution is -0.235. The molecule has 12 nitrogen and oxygen atoms in total. The zero-order valence-electron chi connectivity index (χ0n) is 27.1. The van der Waals surface area contributed by atoms with Crippen LogP contribution in [0.1, 0.15) is 68.9 Å². The smallest absolute Gasteiger partial charge is 0.327 e. The van der Waals surface area contributed by atoms with E-state index in [1.807, 2.05) is 12.1 Å². The molecule has 4 saturated carbocycles. The molecule has 0 spiro atoms. The Labute approximate surface area is 279 Å². The Kier molecular flexibility index (Phi) is 7.71. The van der Waals surface area contributed by atoms with E-state index in [0.717, 1.165) is 56.1 Å². The van der Waals surface area contributed by atoms with Crippen LogP contribution >= 0.6 is 0 Å². The molecule has 4 saturated heterocycles. The second kappa shape index (κ2) is 11.9. The van der Waals surface area contributed by atoms with Gasteiger partial charge in [0.1, 0.15) is 29.8 Å². The first-order valence-electron chi connectivity index (χ1n) is 18.0. The number of nitrogens with one attached hydrogen (secondary N) is 2. The number of rotatable bonds is 12. The predicted molar refractivity (Wildman–Crippen MR) is 168 cm³/mol. The molecule has 9 unspecified atom stereocenters. The van der Waals surface area contributed by atoms with Crippen molar-refractivity contribution in [3.63, 3.8) is 0 Å². The van der Waals surface area contributed by atoms with Crippen molar-refractivity contribution in [2.45, 2.75) is 113 Å². The van der Waals surface area contributed by atoms with Gasteiger partial charge in [0.2, 0.25) is 11.8 Å². The molecule has 8 aliphatic rings. The maximum absolute atomic E-state index is 14.3. The van der Waals surface area contributed by atoms with E-state index in [-0.39, 0.29) is 50.9 Å². The Hall–Kier alpha value is -2.87. The van der Waals surface area contributed by atoms with Gasteiger partial charge in [0.05, 0.1) is 25.4 Å². The first kappa shape index (κ1) is 31.1. The highest BCUT2D eigenvalue weighted by Gasteiger charge is 2.78. The summed E-state index contributed by atoms with van der Waals surface area (Å²) in [4.78, 5) is 47.1. The van der Waals surface area contributed by atoms with Crippen molar-refractivity contribution in [3.05, 3.63) is 41.5 Å². The molecule has 2 bridgehead atoms. The van der Waals surface area contributed by atoms with Gasteiger partial charge in [0, 0.05) is 37.8 Å². The molecule has 8 fully saturated rings. The van der Waals surface area contributed by atoms with Gasteiger partial charge in [0.15, 0.2) is 11.8 Å². The van der Waals surface area contributed by atoms with Crippen LogP contribution in [0.3, 0.4) is 0 Å². The summed E-state index contributed by atoms with van der Waals surface area (Å²) < 4.78 is 25.5. The number of aliphatic hydroxyl groups is 1. The molecule has 4 aliphatic carbocycles. The van der Waals surface area contributed by atoms with E-state index in [4.69, 9.17) is 28.9 Å². The van der Waals surface area contributed by atoms with E-state index in [0.29, 0.717) is 30.0 Å². The zero-order chi connectivity index (χ0) is 32.6. The second-order valence-corrected chi connectivity index (χ2v) is 15.1. The van der Waals surface area contributed by atoms with Crippen molar-refractivity contribution in [2.24, 2.45) is 23.2 Å². The average Bonchev–Trinajstić information content (AvgIpc) is 3.98. The molecule has 9 atom stereocenters. The molecular formula is C36H45N3O9. The third kappa shape index (κ3) is 5.30. The highest BCUT2D eigenvalue weighted by atomic mass is 16.8. The van der Waals surface area contributed by atoms with Crippen LogP contribution < -0.4 is 10.6 Å². The highest BCUT2D eigenvalue weighted by molar-refractivity contribution is 5.94. The number of carbonyl (C=O) groups is 3. The lowest BCUT2D eigenvalue weighted by Crippen LogP contribution is -2.69. The lowest BCUT2D eigenvalue weighted by atomic mass is 9.62. The number of allylic oxidation sites excluding steroid dienone is 1. The number of benzene rings is 1. The van der Waals surface area contributed by atoms with Gasteiger partial charge in [-0.05, 0) is 62.0 Å². The van der Waals surface area contributed by atoms with E-state index in [1.54, 1.807) is 5.06 Å². The molecule has 48 heavy (non-hydrogen) atoms. The Morgan fingerprint density at radius 3 is 2.44 bits per heavy atom. The van der Waals surface area contributed by atoms with Crippen LogP contribution in [-0.4, -0.2) is 96.1 Å². The summed E-state index contributed by atoms with van der Waals surface area (Å²) in [7, 11) is 0. The van der Waals surface area contributed by atoms with Crippen LogP contribution in [0.15, 0.2) is 30.3 Å². The SMILES string of the molecule is O=C(CCNC(=O)C12CC3OC(=O)C1N(Cc1ccc(C=CC4CCC5OC5C4)cc1)OC2C1OC(C2CC2)(C2CC2)OC31)NCCO. The summed E-state index contributed by atoms with van der Waals surface area (Å²) >= 11 is 0. The number of hydroxylamine groups is 2. The van der Waals surface area contributed by atoms with Crippen LogP contribution in [0, 0.1) is 23.2 Å². The fourth-order valence-corrected chi connectivity index (χ4v) is 9.18. The van der Waals surface area contributed by atoms with Crippen LogP contribution in [0.5, 0.6) is 0 Å². The fourth-order valence-electron chi connectivity index (χ4n) is 9.18. The van der Waals surface area contributed by atoms with Crippen LogP contribution in [-0.2, 0) is 44.7 Å². The third-order valence-electron chi connectivity index (χ3n) is 11.9. The van der Waals surface area contributed by atoms with Crippen LogP contribution in [0.25, 0.3) is 6.08 Å². The Bertz CT molecular complexity index is 1470. The van der Waals surface area contributed by atoms with E-state index in [1.165, 1.54) is 0 Å². The molecule has 4 heterocycles. The Morgan fingerprint density at radius 1 is 0.938 bits per heavy atom. The number of fused-ring (bicyclic) bond motifs is 5. The molecular weight excluding hydrogens is 618 g/mol. The zero-order valence-corrected chi connectivity index (χ0v) is 27.1. The maximum Gasteiger partial charge on any atom is 0.327 e. The minimum atomic E-state index is -1.28. The monoisotopic (exact) mass is 663 g/mol. The molecule has 3 N–H and O–H groups in total. The van der Waals surface area contributed by atoms with Gasteiger partial charge in [-0.1, -0.05) is 36.4 Å². The number of hydrogen-bond donors (Lipinski definition) is 3. The van der Waals surface area contributed by atoms with Crippen molar-refractivity contribution in [1.82, 2.24) is 15.7 Å². The number of nitrogens with zero attached hydrogens (tertiary/aromatic N) is 1. The van der Waals surface area contributed by atoms with Gasteiger partial charge in [-0.3, -0.25) is 19.2 Å². The Morgan fingerprint density at radius 2 is 1.71 bits per heavy atom. The van der Waals surface area contributed by atoms with E-state index in [2.05, 4.69) is 34.9 Å². The highest BCUT2D eigenvalue weighted by Crippen LogP contribution is 2.63. The summed E-state index contributed by atoms with van der Waals surface area (Å²) in [6.45, 7) is 0.350. The van der Waals surface area contributed by atoms with Crippen LogP contribution in [0.4, 0.5) is 0 Å². The van der Waals surface area contributed by atoms with Crippen molar-refractivity contribution in [3.8, 4) is 0 Å². The minimum Gasteiger partial charge on any atom is -0.458 e. The van der Waals surface area contributed by atoms with Gasteiger partial charge < -0.3 is 34.7 Å². The molecule has 4 aliphatic heterocycles. The van der Waals surface area contributed by atoms with E-state index < -0.39 is 47.6 Å². The third-order valence-corrected chi connectivity index (χ3v) is 11.9. The number of aliphatic hydroxyl groups excluding tert-OH is 1. The number of ether oxygens (including phenoxy) is 4. The molecule has 258 valence electrons. The maximum atomic E-state index is 14.3. The van der Waals surface area contributed by atoms with Gasteiger partial charge in [-0.25, -0.2) is 0 Å². The second-order valence-electron chi connectivity index (χ2n) is 15.1. The van der Waals surface area contributed by atoms with Crippen molar-refractivity contribution in [1.29, 1.82) is 0 Å². The van der Waals surface area contributed by atoms with Crippen molar-refractivity contribution in [2.75, 3.05) is 19.7 Å². The van der Waals surface area contributed by atoms with Crippen LogP contribution in [0.2, 0.25) is 0 Å². The largest absolute Gasteiger partial charge is 0.458 e. The average molecular weight is 664 g/mol. The standard InChI is InChI=1S/C36H45N3O9/c40-16-15-37-28(41)13-14-38-34(43)35-18-27-29-30(47-36(46-29,23-8-9-23)24-10-11-24)32(35)48-39(31(35)33(42)45-27)19-22-5-2-20(3-6-22)1-4-21-7-12-25-26(17-21)44-25/h1-6,21,23-27,29-32,40H,7-19H2,(H,37,41)(H,38,43). The minimum absolute atomic E-state index is 0.0458. The van der Waals surface area contributed by atoms with Gasteiger partial charge in [0.25, 0.3) is 0 Å². The lowest BCUT2D eigenvalue weighted by Gasteiger charge is -2.48. The molecule has 1 aromatic carbocycles. The van der Waals surface area contributed by atoms with E-state index in [9.17, 15) is 14.4 Å². The van der Waals surface area contributed by atoms with Gasteiger partial charge in [-0.15, -0.1) is 0 Å². The molecule has 12 heteroatoms. The molecule has 1 aromatic rings. The summed E-state index contributed by atoms with van der Waals surface area (Å²) in [5, 5.41) is 16.2. The summed E-state index contributed by atoms with van der Waals surface area (Å²) in [6, 6.07) is 7.21. The molecule has 9 rings (SSSR count). The normalized spacial score (nSPS) is 39.1. The number of amides is 2. The molecule has 0 radical (unpaired) electrons. The van der Waals surface area contributed by atoms with Gasteiger partial charge in [-0.2, -0.15) is 5.06 Å². The first-order valence-corrected chi connectivity index (χ1v) is 18.0. The quantitative estimate of drug-likeness (QED) is 0.224.